The highest BCUT2D eigenvalue weighted by atomic mass is 16.6. The fourth-order valence-corrected chi connectivity index (χ4v) is 1.26. The minimum Gasteiger partial charge on any atom is -0.480 e. The quantitative estimate of drug-likeness (QED) is 0.669. The maximum atomic E-state index is 11.4. The van der Waals surface area contributed by atoms with E-state index in [0.717, 1.165) is 0 Å². The van der Waals surface area contributed by atoms with Gasteiger partial charge in [0.1, 0.15) is 11.6 Å². The molecule has 6 nitrogen and oxygen atoms in total. The molecule has 2 atom stereocenters. The van der Waals surface area contributed by atoms with Crippen LogP contribution in [0.3, 0.4) is 0 Å². The summed E-state index contributed by atoms with van der Waals surface area (Å²) in [7, 11) is 0. The summed E-state index contributed by atoms with van der Waals surface area (Å²) in [4.78, 5) is 21.9. The van der Waals surface area contributed by atoms with E-state index in [1.807, 2.05) is 6.92 Å². The second-order valence-electron chi connectivity index (χ2n) is 5.51. The largest absolute Gasteiger partial charge is 0.480 e. The number of carbonyl (C=O) groups is 2. The van der Waals surface area contributed by atoms with Crippen molar-refractivity contribution in [3.8, 4) is 0 Å². The molecule has 4 N–H and O–H groups in total. The van der Waals surface area contributed by atoms with Crippen LogP contribution in [0, 0.1) is 5.92 Å². The van der Waals surface area contributed by atoms with E-state index in [-0.39, 0.29) is 5.92 Å². The van der Waals surface area contributed by atoms with Gasteiger partial charge in [-0.15, -0.1) is 0 Å². The second kappa shape index (κ2) is 7.20. The smallest absolute Gasteiger partial charge is 0.407 e. The Hall–Kier alpha value is -1.30. The first kappa shape index (κ1) is 16.7. The first-order valence-electron chi connectivity index (χ1n) is 6.07. The number of alkyl carbamates (subject to hydrolysis) is 1. The Bertz CT molecular complexity index is 286. The second-order valence-corrected chi connectivity index (χ2v) is 5.51. The molecular formula is C12H24N2O4. The molecule has 0 aliphatic heterocycles. The average molecular weight is 260 g/mol. The van der Waals surface area contributed by atoms with Gasteiger partial charge < -0.3 is 20.9 Å². The van der Waals surface area contributed by atoms with Gasteiger partial charge in [-0.2, -0.15) is 0 Å². The summed E-state index contributed by atoms with van der Waals surface area (Å²) >= 11 is 0. The minimum atomic E-state index is -0.998. The summed E-state index contributed by atoms with van der Waals surface area (Å²) in [6.07, 6.45) is 0.576. The lowest BCUT2D eigenvalue weighted by atomic mass is 10.0. The van der Waals surface area contributed by atoms with Crippen LogP contribution in [-0.4, -0.2) is 35.4 Å². The number of ether oxygens (including phenoxy) is 1. The van der Waals surface area contributed by atoms with Crippen LogP contribution >= 0.6 is 0 Å². The molecule has 0 bridgehead atoms. The standard InChI is InChI=1S/C12H24N2O4/c1-8(5-6-9(13)10(15)16)7-14-11(17)18-12(2,3)4/h8-9H,5-7,13H2,1-4H3,(H,14,17)(H,15,16). The fraction of sp³-hybridized carbons (Fsp3) is 0.833. The van der Waals surface area contributed by atoms with Crippen molar-refractivity contribution in [3.63, 3.8) is 0 Å². The van der Waals surface area contributed by atoms with Gasteiger partial charge in [-0.1, -0.05) is 6.92 Å². The third-order valence-electron chi connectivity index (χ3n) is 2.28. The normalized spacial score (nSPS) is 14.7. The van der Waals surface area contributed by atoms with Gasteiger partial charge in [-0.25, -0.2) is 4.79 Å². The number of nitrogens with two attached hydrogens (primary N) is 1. The van der Waals surface area contributed by atoms with E-state index in [2.05, 4.69) is 5.32 Å². The van der Waals surface area contributed by atoms with Gasteiger partial charge >= 0.3 is 12.1 Å². The lowest BCUT2D eigenvalue weighted by Gasteiger charge is -2.21. The molecule has 1 amide bonds. The molecule has 0 radical (unpaired) electrons. The number of carboxylic acid groups (broad SMARTS) is 1. The van der Waals surface area contributed by atoms with Crippen LogP contribution in [0.25, 0.3) is 0 Å². The maximum Gasteiger partial charge on any atom is 0.407 e. The van der Waals surface area contributed by atoms with Gasteiger partial charge in [-0.3, -0.25) is 4.79 Å². The zero-order valence-corrected chi connectivity index (χ0v) is 11.5. The summed E-state index contributed by atoms with van der Waals surface area (Å²) in [5, 5.41) is 11.3. The molecule has 0 aromatic carbocycles. The van der Waals surface area contributed by atoms with E-state index in [1.54, 1.807) is 20.8 Å². The fourth-order valence-electron chi connectivity index (χ4n) is 1.26. The van der Waals surface area contributed by atoms with Gasteiger partial charge in [0.25, 0.3) is 0 Å². The number of amides is 1. The van der Waals surface area contributed by atoms with E-state index in [9.17, 15) is 9.59 Å². The number of hydrogen-bond donors (Lipinski definition) is 3. The van der Waals surface area contributed by atoms with Gasteiger partial charge in [0.2, 0.25) is 0 Å². The maximum absolute atomic E-state index is 11.4. The highest BCUT2D eigenvalue weighted by molar-refractivity contribution is 5.72. The SMILES string of the molecule is CC(CCC(N)C(=O)O)CNC(=O)OC(C)(C)C. The van der Waals surface area contributed by atoms with Crippen LogP contribution in [0.15, 0.2) is 0 Å². The van der Waals surface area contributed by atoms with Crippen LogP contribution in [0.1, 0.15) is 40.5 Å². The summed E-state index contributed by atoms with van der Waals surface area (Å²) in [6.45, 7) is 7.75. The first-order valence-corrected chi connectivity index (χ1v) is 6.07. The molecule has 106 valence electrons. The number of carbonyl (C=O) groups excluding carboxylic acids is 1. The number of nitrogens with one attached hydrogen (secondary N) is 1. The van der Waals surface area contributed by atoms with Gasteiger partial charge in [0, 0.05) is 6.54 Å². The third kappa shape index (κ3) is 8.81. The van der Waals surface area contributed by atoms with Crippen LogP contribution in [-0.2, 0) is 9.53 Å². The molecule has 0 aromatic heterocycles. The van der Waals surface area contributed by atoms with Gasteiger partial charge in [0.05, 0.1) is 0 Å². The van der Waals surface area contributed by atoms with Gasteiger partial charge in [0.15, 0.2) is 0 Å². The van der Waals surface area contributed by atoms with Crippen molar-refractivity contribution in [1.29, 1.82) is 0 Å². The number of hydrogen-bond acceptors (Lipinski definition) is 4. The molecule has 0 aliphatic carbocycles. The Morgan fingerprint density at radius 2 is 1.89 bits per heavy atom. The minimum absolute atomic E-state index is 0.155. The number of rotatable bonds is 6. The summed E-state index contributed by atoms with van der Waals surface area (Å²) < 4.78 is 5.08. The Kier molecular flexibility index (Phi) is 6.68. The van der Waals surface area contributed by atoms with Crippen molar-refractivity contribution in [2.45, 2.75) is 52.2 Å². The van der Waals surface area contributed by atoms with Crippen molar-refractivity contribution in [2.75, 3.05) is 6.54 Å². The Labute approximate surface area is 108 Å². The van der Waals surface area contributed by atoms with Crippen molar-refractivity contribution in [1.82, 2.24) is 5.32 Å². The van der Waals surface area contributed by atoms with E-state index >= 15 is 0 Å². The van der Waals surface area contributed by atoms with Gasteiger partial charge in [-0.05, 0) is 39.5 Å². The molecule has 0 saturated heterocycles. The van der Waals surface area contributed by atoms with E-state index < -0.39 is 23.7 Å². The molecule has 0 heterocycles. The zero-order chi connectivity index (χ0) is 14.3. The van der Waals surface area contributed by atoms with Crippen LogP contribution in [0.5, 0.6) is 0 Å². The predicted molar refractivity (Wildman–Crippen MR) is 68.2 cm³/mol. The highest BCUT2D eigenvalue weighted by Gasteiger charge is 2.17. The molecule has 0 aromatic rings. The van der Waals surface area contributed by atoms with E-state index in [4.69, 9.17) is 15.6 Å². The highest BCUT2D eigenvalue weighted by Crippen LogP contribution is 2.08. The lowest BCUT2D eigenvalue weighted by Crippen LogP contribution is -2.35. The molecule has 0 aliphatic rings. The number of aliphatic carboxylic acids is 1. The average Bonchev–Trinajstić information content (AvgIpc) is 2.20. The topological polar surface area (TPSA) is 102 Å². The lowest BCUT2D eigenvalue weighted by molar-refractivity contribution is -0.138. The number of carboxylic acids is 1. The summed E-state index contributed by atoms with van der Waals surface area (Å²) in [5.74, 6) is -0.842. The Balaban J connectivity index is 3.80. The van der Waals surface area contributed by atoms with Crippen LogP contribution in [0.4, 0.5) is 4.79 Å². The molecule has 0 spiro atoms. The van der Waals surface area contributed by atoms with E-state index in [1.165, 1.54) is 0 Å². The molecule has 0 saturated carbocycles. The Morgan fingerprint density at radius 1 is 1.33 bits per heavy atom. The molecule has 18 heavy (non-hydrogen) atoms. The van der Waals surface area contributed by atoms with Crippen molar-refractivity contribution >= 4 is 12.1 Å². The summed E-state index contributed by atoms with van der Waals surface area (Å²) in [6, 6.07) is -0.839. The predicted octanol–water partition coefficient (Wildman–Crippen LogP) is 1.34. The molecule has 2 unspecified atom stereocenters. The van der Waals surface area contributed by atoms with Crippen molar-refractivity contribution < 1.29 is 19.4 Å². The molecule has 6 heteroatoms. The zero-order valence-electron chi connectivity index (χ0n) is 11.5. The monoisotopic (exact) mass is 260 g/mol. The molecule has 0 fully saturated rings. The third-order valence-corrected chi connectivity index (χ3v) is 2.28. The van der Waals surface area contributed by atoms with Crippen LogP contribution in [0.2, 0.25) is 0 Å². The Morgan fingerprint density at radius 3 is 2.33 bits per heavy atom. The molecular weight excluding hydrogens is 236 g/mol. The van der Waals surface area contributed by atoms with Crippen LogP contribution < -0.4 is 11.1 Å². The molecule has 0 rings (SSSR count). The van der Waals surface area contributed by atoms with E-state index in [0.29, 0.717) is 19.4 Å². The van der Waals surface area contributed by atoms with Crippen molar-refractivity contribution in [2.24, 2.45) is 11.7 Å². The first-order chi connectivity index (χ1) is 8.11. The van der Waals surface area contributed by atoms with Crippen molar-refractivity contribution in [3.05, 3.63) is 0 Å². The summed E-state index contributed by atoms with van der Waals surface area (Å²) in [5.41, 5.74) is 4.88.